The van der Waals surface area contributed by atoms with Gasteiger partial charge in [-0.2, -0.15) is 0 Å². The summed E-state index contributed by atoms with van der Waals surface area (Å²) in [6, 6.07) is 24.1. The van der Waals surface area contributed by atoms with Gasteiger partial charge in [0, 0.05) is 6.08 Å². The van der Waals surface area contributed by atoms with Crippen molar-refractivity contribution in [3.8, 4) is 23.0 Å². The summed E-state index contributed by atoms with van der Waals surface area (Å²) in [6.45, 7) is 9.95. The molecule has 0 atom stereocenters. The Balaban J connectivity index is 1.22. The number of hydrogen-bond acceptors (Lipinski definition) is 9. The molecule has 0 amide bonds. The minimum absolute atomic E-state index is 0.221. The minimum atomic E-state index is -0.558. The lowest BCUT2D eigenvalue weighted by Crippen LogP contribution is -2.12. The van der Waals surface area contributed by atoms with Gasteiger partial charge in [0.05, 0.1) is 38.6 Å². The molecular weight excluding hydrogens is 709 g/mol. The Kier molecular flexibility index (Phi) is 19.4. The van der Waals surface area contributed by atoms with Crippen LogP contribution in [0, 0.1) is 6.92 Å². The van der Waals surface area contributed by atoms with Crippen LogP contribution in [0.5, 0.6) is 23.0 Å². The van der Waals surface area contributed by atoms with Crippen LogP contribution in [0.25, 0.3) is 10.8 Å². The van der Waals surface area contributed by atoms with E-state index in [0.29, 0.717) is 50.1 Å². The molecule has 4 aromatic rings. The predicted octanol–water partition coefficient (Wildman–Crippen LogP) is 11.2. The third-order valence-electron chi connectivity index (χ3n) is 9.20. The van der Waals surface area contributed by atoms with E-state index >= 15 is 0 Å². The highest BCUT2D eigenvalue weighted by Gasteiger charge is 2.18. The van der Waals surface area contributed by atoms with E-state index in [9.17, 15) is 14.4 Å². The molecule has 300 valence electrons. The maximum Gasteiger partial charge on any atom is 0.343 e. The largest absolute Gasteiger partial charge is 0.494 e. The molecular formula is C47H58O9. The zero-order chi connectivity index (χ0) is 39.8. The summed E-state index contributed by atoms with van der Waals surface area (Å²) in [5, 5.41) is 2.38. The van der Waals surface area contributed by atoms with Crippen LogP contribution in [0.1, 0.15) is 117 Å². The molecule has 0 aromatic heterocycles. The monoisotopic (exact) mass is 766 g/mol. The van der Waals surface area contributed by atoms with Crippen molar-refractivity contribution in [2.45, 2.75) is 97.3 Å². The fraction of sp³-hybridized carbons (Fsp3) is 0.426. The molecule has 4 aromatic carbocycles. The number of aryl methyl sites for hydroxylation is 1. The second-order valence-electron chi connectivity index (χ2n) is 13.9. The van der Waals surface area contributed by atoms with Gasteiger partial charge in [0.15, 0.2) is 0 Å². The average molecular weight is 767 g/mol. The van der Waals surface area contributed by atoms with Crippen molar-refractivity contribution < 1.29 is 42.8 Å². The van der Waals surface area contributed by atoms with E-state index in [0.717, 1.165) is 95.3 Å². The summed E-state index contributed by atoms with van der Waals surface area (Å²) in [6.07, 6.45) is 13.5. The van der Waals surface area contributed by atoms with Crippen LogP contribution in [0.2, 0.25) is 0 Å². The summed E-state index contributed by atoms with van der Waals surface area (Å²) < 4.78 is 34.1. The van der Waals surface area contributed by atoms with Gasteiger partial charge in [0.25, 0.3) is 0 Å². The summed E-state index contributed by atoms with van der Waals surface area (Å²) in [5.74, 6) is 0.674. The molecule has 0 unspecified atom stereocenters. The number of carbonyl (C=O) groups excluding carboxylic acids is 3. The highest BCUT2D eigenvalue weighted by Crippen LogP contribution is 2.27. The molecule has 0 saturated carbocycles. The van der Waals surface area contributed by atoms with Crippen molar-refractivity contribution in [2.24, 2.45) is 0 Å². The number of unbranched alkanes of at least 4 members (excludes halogenated alkanes) is 10. The quantitative estimate of drug-likeness (QED) is 0.0254. The van der Waals surface area contributed by atoms with Crippen molar-refractivity contribution in [3.63, 3.8) is 0 Å². The predicted molar refractivity (Wildman–Crippen MR) is 220 cm³/mol. The van der Waals surface area contributed by atoms with Crippen LogP contribution in [-0.2, 0) is 14.3 Å². The van der Waals surface area contributed by atoms with Gasteiger partial charge in [0.2, 0.25) is 0 Å². The van der Waals surface area contributed by atoms with Gasteiger partial charge in [-0.25, -0.2) is 14.4 Å². The zero-order valence-electron chi connectivity index (χ0n) is 33.2. The van der Waals surface area contributed by atoms with E-state index in [1.165, 1.54) is 22.4 Å². The van der Waals surface area contributed by atoms with E-state index in [4.69, 9.17) is 28.4 Å². The van der Waals surface area contributed by atoms with Crippen molar-refractivity contribution in [2.75, 3.05) is 33.0 Å². The number of ether oxygens (including phenoxy) is 6. The van der Waals surface area contributed by atoms with Crippen molar-refractivity contribution in [1.82, 2.24) is 0 Å². The van der Waals surface area contributed by atoms with Crippen LogP contribution >= 0.6 is 0 Å². The first kappa shape index (κ1) is 43.4. The normalized spacial score (nSPS) is 10.8. The first-order valence-corrected chi connectivity index (χ1v) is 20.2. The van der Waals surface area contributed by atoms with Crippen LogP contribution in [0.15, 0.2) is 91.5 Å². The number of esters is 3. The lowest BCUT2D eigenvalue weighted by Gasteiger charge is -2.13. The topological polar surface area (TPSA) is 107 Å². The zero-order valence-corrected chi connectivity index (χ0v) is 33.2. The molecule has 0 aliphatic carbocycles. The molecule has 9 nitrogen and oxygen atoms in total. The molecule has 0 heterocycles. The maximum atomic E-state index is 13.2. The highest BCUT2D eigenvalue weighted by molar-refractivity contribution is 5.94. The lowest BCUT2D eigenvalue weighted by molar-refractivity contribution is -0.137. The van der Waals surface area contributed by atoms with Gasteiger partial charge in [-0.15, -0.1) is 0 Å². The third-order valence-corrected chi connectivity index (χ3v) is 9.20. The lowest BCUT2D eigenvalue weighted by atomic mass is 10.1. The van der Waals surface area contributed by atoms with Crippen molar-refractivity contribution >= 4 is 28.7 Å². The Labute approximate surface area is 332 Å². The van der Waals surface area contributed by atoms with Crippen molar-refractivity contribution in [3.05, 3.63) is 108 Å². The Bertz CT molecular complexity index is 1810. The van der Waals surface area contributed by atoms with E-state index in [-0.39, 0.29) is 11.3 Å². The molecule has 0 aliphatic rings. The number of fused-ring (bicyclic) bond motifs is 1. The molecule has 0 radical (unpaired) electrons. The van der Waals surface area contributed by atoms with E-state index < -0.39 is 17.9 Å². The van der Waals surface area contributed by atoms with Crippen molar-refractivity contribution in [1.29, 1.82) is 0 Å². The van der Waals surface area contributed by atoms with E-state index in [2.05, 4.69) is 50.8 Å². The fourth-order valence-corrected chi connectivity index (χ4v) is 6.00. The Morgan fingerprint density at radius 1 is 0.536 bits per heavy atom. The Morgan fingerprint density at radius 2 is 1.09 bits per heavy atom. The summed E-state index contributed by atoms with van der Waals surface area (Å²) in [7, 11) is 0. The van der Waals surface area contributed by atoms with E-state index in [1.807, 2.05) is 6.07 Å². The Morgan fingerprint density at radius 3 is 1.77 bits per heavy atom. The first-order chi connectivity index (χ1) is 27.4. The van der Waals surface area contributed by atoms with Gasteiger partial charge >= 0.3 is 17.9 Å². The molecule has 0 bridgehead atoms. The maximum absolute atomic E-state index is 13.2. The molecule has 0 saturated heterocycles. The molecule has 0 aliphatic heterocycles. The third kappa shape index (κ3) is 15.8. The SMILES string of the molecule is C=CC(=O)OCCCCCCOc1ccc(C(=O)Oc2ccc(OCCCCCCOc3ccc4cc(C)ccc4c3)c(C(=O)OCCCCCCC)c2)cc1. The Hall–Kier alpha value is -5.31. The smallest absolute Gasteiger partial charge is 0.343 e. The standard InChI is InChI=1S/C47H58O9/c1-4-6-7-8-17-32-55-47(50)43-35-42(56-46(49)37-20-23-40(24-21-37)51-28-13-10-12-16-31-54-45(48)5-2)26-27-44(43)53-30-15-11-9-14-29-52-41-25-22-38-33-36(3)18-19-39(38)34-41/h5,18-27,33-35H,2,4,6-17,28-32H2,1,3H3. The van der Waals surface area contributed by atoms with Gasteiger partial charge in [0.1, 0.15) is 28.6 Å². The molecule has 9 heteroatoms. The summed E-state index contributed by atoms with van der Waals surface area (Å²) in [5.41, 5.74) is 1.82. The molecule has 0 spiro atoms. The van der Waals surface area contributed by atoms with E-state index in [1.54, 1.807) is 36.4 Å². The second-order valence-corrected chi connectivity index (χ2v) is 13.9. The minimum Gasteiger partial charge on any atom is -0.494 e. The second kappa shape index (κ2) is 25.0. The molecule has 56 heavy (non-hydrogen) atoms. The molecule has 0 N–H and O–H groups in total. The number of rotatable bonds is 27. The van der Waals surface area contributed by atoms with Crippen LogP contribution in [-0.4, -0.2) is 50.9 Å². The summed E-state index contributed by atoms with van der Waals surface area (Å²) in [4.78, 5) is 37.4. The molecule has 0 fully saturated rings. The van der Waals surface area contributed by atoms with Gasteiger partial charge in [-0.1, -0.05) is 69.0 Å². The number of carbonyl (C=O) groups is 3. The van der Waals surface area contributed by atoms with Crippen LogP contribution in [0.4, 0.5) is 0 Å². The average Bonchev–Trinajstić information content (AvgIpc) is 3.21. The van der Waals surface area contributed by atoms with Gasteiger partial charge in [-0.3, -0.25) is 0 Å². The number of hydrogen-bond donors (Lipinski definition) is 0. The van der Waals surface area contributed by atoms with Crippen LogP contribution in [0.3, 0.4) is 0 Å². The fourth-order valence-electron chi connectivity index (χ4n) is 6.00. The van der Waals surface area contributed by atoms with Crippen LogP contribution < -0.4 is 18.9 Å². The summed E-state index contributed by atoms with van der Waals surface area (Å²) >= 11 is 0. The first-order valence-electron chi connectivity index (χ1n) is 20.2. The number of benzene rings is 4. The molecule has 4 rings (SSSR count). The highest BCUT2D eigenvalue weighted by atomic mass is 16.5. The van der Waals surface area contributed by atoms with Gasteiger partial charge in [-0.05, 0) is 130 Å². The van der Waals surface area contributed by atoms with Gasteiger partial charge < -0.3 is 28.4 Å².